The van der Waals surface area contributed by atoms with Crippen molar-refractivity contribution in [3.05, 3.63) is 45.9 Å². The maximum Gasteiger partial charge on any atom is 0.348 e. The summed E-state index contributed by atoms with van der Waals surface area (Å²) in [5.41, 5.74) is 0.529. The summed E-state index contributed by atoms with van der Waals surface area (Å²) >= 11 is 0.966. The van der Waals surface area contributed by atoms with Gasteiger partial charge in [0.05, 0.1) is 16.8 Å². The van der Waals surface area contributed by atoms with Crippen LogP contribution in [0.5, 0.6) is 0 Å². The molecule has 2 aromatic heterocycles. The minimum absolute atomic E-state index is 0.0394. The third-order valence-corrected chi connectivity index (χ3v) is 3.66. The van der Waals surface area contributed by atoms with Crippen LogP contribution >= 0.6 is 11.3 Å². The van der Waals surface area contributed by atoms with Gasteiger partial charge in [-0.3, -0.25) is 14.6 Å². The minimum Gasteiger partial charge on any atom is -0.477 e. The highest BCUT2D eigenvalue weighted by atomic mass is 32.1. The zero-order valence-corrected chi connectivity index (χ0v) is 10.2. The topological polar surface area (TPSA) is 87.6 Å². The fraction of sp³-hybridized carbons (Fsp3) is 0. The molecule has 0 unspecified atom stereocenters. The number of fused-ring (bicyclic) bond motifs is 1. The molecule has 0 radical (unpaired) electrons. The first-order valence-electron chi connectivity index (χ1n) is 5.25. The fourth-order valence-corrected chi connectivity index (χ4v) is 2.66. The highest BCUT2D eigenvalue weighted by Crippen LogP contribution is 2.33. The van der Waals surface area contributed by atoms with E-state index in [1.54, 1.807) is 0 Å². The number of carbonyl (C=O) groups excluding carboxylic acids is 2. The van der Waals surface area contributed by atoms with Crippen LogP contribution in [0, 0.1) is 0 Å². The maximum absolute atomic E-state index is 12.2. The van der Waals surface area contributed by atoms with E-state index >= 15 is 0 Å². The van der Waals surface area contributed by atoms with E-state index in [1.807, 2.05) is 0 Å². The van der Waals surface area contributed by atoms with Gasteiger partial charge in [-0.1, -0.05) is 0 Å². The van der Waals surface area contributed by atoms with Gasteiger partial charge in [0, 0.05) is 12.4 Å². The number of anilines is 1. The Bertz CT molecular complexity index is 687. The van der Waals surface area contributed by atoms with Crippen molar-refractivity contribution in [2.45, 2.75) is 0 Å². The number of aromatic carboxylic acids is 1. The van der Waals surface area contributed by atoms with E-state index in [0.29, 0.717) is 0 Å². The maximum atomic E-state index is 12.2. The Morgan fingerprint density at radius 3 is 2.63 bits per heavy atom. The van der Waals surface area contributed by atoms with Crippen LogP contribution in [0.15, 0.2) is 29.9 Å². The van der Waals surface area contributed by atoms with E-state index in [9.17, 15) is 14.4 Å². The van der Waals surface area contributed by atoms with Crippen molar-refractivity contribution < 1.29 is 19.5 Å². The third kappa shape index (κ3) is 1.55. The number of pyridine rings is 1. The first kappa shape index (κ1) is 11.5. The Morgan fingerprint density at radius 1 is 1.21 bits per heavy atom. The largest absolute Gasteiger partial charge is 0.477 e. The molecule has 3 rings (SSSR count). The van der Waals surface area contributed by atoms with Gasteiger partial charge in [-0.15, -0.1) is 11.3 Å². The molecule has 0 spiro atoms. The normalized spacial score (nSPS) is 13.8. The second-order valence-corrected chi connectivity index (χ2v) is 4.72. The Labute approximate surface area is 110 Å². The Morgan fingerprint density at radius 2 is 1.95 bits per heavy atom. The number of hydrogen-bond donors (Lipinski definition) is 1. The van der Waals surface area contributed by atoms with Crippen LogP contribution in [0.1, 0.15) is 30.4 Å². The molecule has 7 heteroatoms. The summed E-state index contributed by atoms with van der Waals surface area (Å²) in [4.78, 5) is 40.0. The number of carbonyl (C=O) groups is 3. The van der Waals surface area contributed by atoms with Crippen molar-refractivity contribution in [1.29, 1.82) is 0 Å². The molecule has 0 atom stereocenters. The molecule has 0 bridgehead atoms. The second kappa shape index (κ2) is 3.99. The molecular formula is C12H6N2O4S. The molecule has 0 fully saturated rings. The van der Waals surface area contributed by atoms with Gasteiger partial charge in [0.25, 0.3) is 11.8 Å². The Balaban J connectivity index is 2.14. The van der Waals surface area contributed by atoms with E-state index in [2.05, 4.69) is 4.98 Å². The smallest absolute Gasteiger partial charge is 0.348 e. The van der Waals surface area contributed by atoms with Gasteiger partial charge in [0.15, 0.2) is 0 Å². The molecule has 0 saturated carbocycles. The van der Waals surface area contributed by atoms with E-state index in [-0.39, 0.29) is 21.7 Å². The number of amides is 2. The lowest BCUT2D eigenvalue weighted by Crippen LogP contribution is -2.30. The summed E-state index contributed by atoms with van der Waals surface area (Å²) in [7, 11) is 0. The van der Waals surface area contributed by atoms with Crippen molar-refractivity contribution >= 4 is 34.8 Å². The number of nitrogens with zero attached hydrogens (tertiary/aromatic N) is 2. The van der Waals surface area contributed by atoms with Crippen LogP contribution in [0.3, 0.4) is 0 Å². The fourth-order valence-electron chi connectivity index (χ4n) is 1.94. The highest BCUT2D eigenvalue weighted by Gasteiger charge is 2.38. The number of carboxylic acid groups (broad SMARTS) is 1. The lowest BCUT2D eigenvalue weighted by molar-refractivity contribution is 0.0703. The average Bonchev–Trinajstić information content (AvgIpc) is 2.95. The van der Waals surface area contributed by atoms with Gasteiger partial charge in [-0.2, -0.15) is 0 Å². The molecule has 1 aliphatic heterocycles. The summed E-state index contributed by atoms with van der Waals surface area (Å²) in [6.45, 7) is 0. The Hall–Kier alpha value is -2.54. The number of aromatic nitrogens is 1. The van der Waals surface area contributed by atoms with Crippen molar-refractivity contribution in [2.24, 2.45) is 0 Å². The van der Waals surface area contributed by atoms with Gasteiger partial charge in [-0.05, 0) is 17.5 Å². The second-order valence-electron chi connectivity index (χ2n) is 3.81. The molecule has 2 aromatic rings. The number of rotatable bonds is 2. The highest BCUT2D eigenvalue weighted by molar-refractivity contribution is 7.12. The minimum atomic E-state index is -1.17. The van der Waals surface area contributed by atoms with Crippen molar-refractivity contribution in [1.82, 2.24) is 4.98 Å². The van der Waals surface area contributed by atoms with Crippen LogP contribution in [0.4, 0.5) is 5.69 Å². The van der Waals surface area contributed by atoms with Crippen LogP contribution in [0.25, 0.3) is 0 Å². The van der Waals surface area contributed by atoms with Crippen LogP contribution in [0.2, 0.25) is 0 Å². The lowest BCUT2D eigenvalue weighted by atomic mass is 10.2. The average molecular weight is 274 g/mol. The standard InChI is InChI=1S/C12H6N2O4S/c15-10-6-1-3-13-5-7(6)11(16)14(10)8-2-4-19-9(8)12(17)18/h1-5H,(H,17,18). The lowest BCUT2D eigenvalue weighted by Gasteiger charge is -2.12. The van der Waals surface area contributed by atoms with E-state index in [0.717, 1.165) is 16.2 Å². The number of imide groups is 1. The third-order valence-electron chi connectivity index (χ3n) is 2.77. The summed E-state index contributed by atoms with van der Waals surface area (Å²) in [5.74, 6) is -2.24. The zero-order chi connectivity index (χ0) is 13.6. The molecule has 2 amide bonds. The van der Waals surface area contributed by atoms with Gasteiger partial charge in [0.1, 0.15) is 4.88 Å². The summed E-state index contributed by atoms with van der Waals surface area (Å²) in [5, 5.41) is 10.6. The SMILES string of the molecule is O=C(O)c1sccc1N1C(=O)c2ccncc2C1=O. The molecule has 0 aromatic carbocycles. The molecular weight excluding hydrogens is 268 g/mol. The van der Waals surface area contributed by atoms with Crippen LogP contribution in [-0.2, 0) is 0 Å². The van der Waals surface area contributed by atoms with Crippen LogP contribution in [-0.4, -0.2) is 27.9 Å². The van der Waals surface area contributed by atoms with Crippen molar-refractivity contribution in [3.63, 3.8) is 0 Å². The number of hydrogen-bond acceptors (Lipinski definition) is 5. The summed E-state index contributed by atoms with van der Waals surface area (Å²) < 4.78 is 0. The molecule has 1 N–H and O–H groups in total. The van der Waals surface area contributed by atoms with Gasteiger partial charge in [0.2, 0.25) is 0 Å². The first-order chi connectivity index (χ1) is 9.11. The summed E-state index contributed by atoms with van der Waals surface area (Å²) in [6, 6.07) is 2.89. The van der Waals surface area contributed by atoms with Gasteiger partial charge >= 0.3 is 5.97 Å². The van der Waals surface area contributed by atoms with Gasteiger partial charge in [-0.25, -0.2) is 9.69 Å². The first-order valence-corrected chi connectivity index (χ1v) is 6.13. The molecule has 0 saturated heterocycles. The summed E-state index contributed by atoms with van der Waals surface area (Å²) in [6.07, 6.45) is 2.72. The number of carboxylic acids is 1. The molecule has 1 aliphatic rings. The van der Waals surface area contributed by atoms with E-state index < -0.39 is 17.8 Å². The predicted octanol–water partition coefficient (Wildman–Crippen LogP) is 1.64. The Kier molecular flexibility index (Phi) is 2.42. The van der Waals surface area contributed by atoms with Gasteiger partial charge < -0.3 is 5.11 Å². The molecule has 19 heavy (non-hydrogen) atoms. The molecule has 3 heterocycles. The van der Waals surface area contributed by atoms with Crippen molar-refractivity contribution in [2.75, 3.05) is 4.90 Å². The van der Waals surface area contributed by atoms with E-state index in [4.69, 9.17) is 5.11 Å². The predicted molar refractivity (Wildman–Crippen MR) is 66.7 cm³/mol. The van der Waals surface area contributed by atoms with E-state index in [1.165, 1.54) is 29.9 Å². The monoisotopic (exact) mass is 274 g/mol. The number of thiophene rings is 1. The quantitative estimate of drug-likeness (QED) is 0.841. The molecule has 0 aliphatic carbocycles. The zero-order valence-electron chi connectivity index (χ0n) is 9.36. The molecule has 94 valence electrons. The molecule has 6 nitrogen and oxygen atoms in total. The van der Waals surface area contributed by atoms with Crippen LogP contribution < -0.4 is 4.90 Å². The van der Waals surface area contributed by atoms with Crippen molar-refractivity contribution in [3.8, 4) is 0 Å².